The fourth-order valence-corrected chi connectivity index (χ4v) is 3.77. The van der Waals surface area contributed by atoms with E-state index >= 15 is 0 Å². The number of rotatable bonds is 5. The molecule has 6 heteroatoms. The minimum atomic E-state index is -0.337. The molecule has 1 aliphatic rings. The van der Waals surface area contributed by atoms with E-state index in [9.17, 15) is 9.59 Å². The number of ether oxygens (including phenoxy) is 1. The second kappa shape index (κ2) is 8.32. The molecule has 2 heterocycles. The molecule has 0 fully saturated rings. The van der Waals surface area contributed by atoms with E-state index in [1.807, 2.05) is 60.8 Å². The number of nitrogens with zero attached hydrogens (tertiary/aromatic N) is 1. The van der Waals surface area contributed by atoms with Crippen LogP contribution in [0.15, 0.2) is 71.8 Å². The lowest BCUT2D eigenvalue weighted by atomic mass is 10.1. The normalized spacial score (nSPS) is 14.4. The zero-order valence-corrected chi connectivity index (χ0v) is 16.7. The molecule has 5 nitrogen and oxygen atoms in total. The zero-order valence-electron chi connectivity index (χ0n) is 15.9. The maximum Gasteiger partial charge on any atom is 0.294 e. The average Bonchev–Trinajstić information content (AvgIpc) is 3.23. The van der Waals surface area contributed by atoms with Crippen molar-refractivity contribution < 1.29 is 14.3 Å². The van der Waals surface area contributed by atoms with Crippen LogP contribution in [0, 0.1) is 6.92 Å². The summed E-state index contributed by atoms with van der Waals surface area (Å²) in [6, 6.07) is 18.9. The molecule has 0 aliphatic carbocycles. The Hall–Kier alpha value is -3.38. The quantitative estimate of drug-likeness (QED) is 0.650. The van der Waals surface area contributed by atoms with Gasteiger partial charge in [-0.1, -0.05) is 48.0 Å². The minimum Gasteiger partial charge on any atom is -0.449 e. The monoisotopic (exact) mass is 404 g/mol. The van der Waals surface area contributed by atoms with Gasteiger partial charge in [-0.25, -0.2) is 0 Å². The van der Waals surface area contributed by atoms with Crippen molar-refractivity contribution in [2.75, 3.05) is 11.4 Å². The summed E-state index contributed by atoms with van der Waals surface area (Å²) in [7, 11) is 0. The van der Waals surface area contributed by atoms with Crippen molar-refractivity contribution in [3.63, 3.8) is 0 Å². The van der Waals surface area contributed by atoms with E-state index in [0.717, 1.165) is 16.0 Å². The smallest absolute Gasteiger partial charge is 0.294 e. The van der Waals surface area contributed by atoms with Gasteiger partial charge in [0.15, 0.2) is 11.5 Å². The van der Waals surface area contributed by atoms with Gasteiger partial charge in [0.05, 0.1) is 12.2 Å². The molecular weight excluding hydrogens is 384 g/mol. The van der Waals surface area contributed by atoms with Crippen molar-refractivity contribution in [3.05, 3.63) is 87.8 Å². The lowest BCUT2D eigenvalue weighted by molar-refractivity contribution is -0.123. The van der Waals surface area contributed by atoms with E-state index in [0.29, 0.717) is 18.0 Å². The maximum atomic E-state index is 13.1. The molecule has 146 valence electrons. The van der Waals surface area contributed by atoms with Crippen molar-refractivity contribution in [1.82, 2.24) is 5.32 Å². The highest BCUT2D eigenvalue weighted by Crippen LogP contribution is 2.35. The largest absolute Gasteiger partial charge is 0.449 e. The number of carbonyl (C=O) groups excluding carboxylic acids is 2. The molecule has 2 aromatic carbocycles. The van der Waals surface area contributed by atoms with Gasteiger partial charge < -0.3 is 10.1 Å². The van der Waals surface area contributed by atoms with Crippen LogP contribution >= 0.6 is 11.3 Å². The maximum absolute atomic E-state index is 13.1. The van der Waals surface area contributed by atoms with Crippen molar-refractivity contribution in [2.24, 2.45) is 0 Å². The van der Waals surface area contributed by atoms with Gasteiger partial charge in [0.25, 0.3) is 5.91 Å². The third kappa shape index (κ3) is 4.38. The highest BCUT2D eigenvalue weighted by atomic mass is 32.1. The van der Waals surface area contributed by atoms with Gasteiger partial charge in [0.1, 0.15) is 6.54 Å². The number of hydrogen-bond acceptors (Lipinski definition) is 4. The Labute approximate surface area is 173 Å². The van der Waals surface area contributed by atoms with Crippen LogP contribution in [0.2, 0.25) is 0 Å². The number of benzene rings is 2. The summed E-state index contributed by atoms with van der Waals surface area (Å²) in [6.45, 7) is 2.36. The number of amides is 2. The Morgan fingerprint density at radius 1 is 1.14 bits per heavy atom. The van der Waals surface area contributed by atoms with Gasteiger partial charge in [-0.15, -0.1) is 11.3 Å². The van der Waals surface area contributed by atoms with Gasteiger partial charge in [0, 0.05) is 4.88 Å². The second-order valence-electron chi connectivity index (χ2n) is 6.74. The van der Waals surface area contributed by atoms with Crippen molar-refractivity contribution in [2.45, 2.75) is 13.5 Å². The molecule has 0 bridgehead atoms. The fraction of sp³-hybridized carbons (Fsp3) is 0.130. The Morgan fingerprint density at radius 3 is 2.79 bits per heavy atom. The molecule has 0 saturated carbocycles. The first kappa shape index (κ1) is 19.0. The van der Waals surface area contributed by atoms with Crippen LogP contribution in [0.4, 0.5) is 5.69 Å². The van der Waals surface area contributed by atoms with E-state index in [1.54, 1.807) is 29.5 Å². The molecule has 0 saturated heterocycles. The lowest BCUT2D eigenvalue weighted by Crippen LogP contribution is -2.44. The molecule has 1 aliphatic heterocycles. The topological polar surface area (TPSA) is 58.6 Å². The number of fused-ring (bicyclic) bond motifs is 1. The first-order valence-corrected chi connectivity index (χ1v) is 10.1. The molecule has 2 amide bonds. The van der Waals surface area contributed by atoms with E-state index in [2.05, 4.69) is 5.32 Å². The number of anilines is 1. The predicted octanol–water partition coefficient (Wildman–Crippen LogP) is 4.14. The van der Waals surface area contributed by atoms with Crippen LogP contribution in [-0.2, 0) is 16.1 Å². The van der Waals surface area contributed by atoms with Crippen LogP contribution in [0.5, 0.6) is 5.75 Å². The minimum absolute atomic E-state index is 0.0737. The molecule has 29 heavy (non-hydrogen) atoms. The molecule has 1 aromatic heterocycles. The van der Waals surface area contributed by atoms with E-state index in [1.165, 1.54) is 4.90 Å². The molecule has 0 spiro atoms. The molecular formula is C23H20N2O3S. The molecule has 4 rings (SSSR count). The number of hydrogen-bond donors (Lipinski definition) is 1. The van der Waals surface area contributed by atoms with Crippen molar-refractivity contribution >= 4 is 34.9 Å². The summed E-state index contributed by atoms with van der Waals surface area (Å²) in [5.74, 6) is 0.187. The highest BCUT2D eigenvalue weighted by Gasteiger charge is 2.31. The molecule has 3 aromatic rings. The predicted molar refractivity (Wildman–Crippen MR) is 115 cm³/mol. The number of nitrogens with one attached hydrogen (secondary N) is 1. The van der Waals surface area contributed by atoms with E-state index in [4.69, 9.17) is 4.74 Å². The Bertz CT molecular complexity index is 1070. The van der Waals surface area contributed by atoms with Crippen molar-refractivity contribution in [3.8, 4) is 5.75 Å². The van der Waals surface area contributed by atoms with Gasteiger partial charge >= 0.3 is 0 Å². The van der Waals surface area contributed by atoms with Crippen LogP contribution in [0.25, 0.3) is 6.08 Å². The van der Waals surface area contributed by atoms with Crippen LogP contribution < -0.4 is 15.0 Å². The Morgan fingerprint density at radius 2 is 2.00 bits per heavy atom. The summed E-state index contributed by atoms with van der Waals surface area (Å²) in [5.41, 5.74) is 2.55. The average molecular weight is 404 g/mol. The Balaban J connectivity index is 1.58. The number of para-hydroxylation sites is 2. The first-order chi connectivity index (χ1) is 14.1. The molecule has 0 radical (unpaired) electrons. The van der Waals surface area contributed by atoms with Gasteiger partial charge in [-0.3, -0.25) is 14.5 Å². The third-order valence-corrected chi connectivity index (χ3v) is 5.39. The third-order valence-electron chi connectivity index (χ3n) is 4.51. The summed E-state index contributed by atoms with van der Waals surface area (Å²) in [5, 5.41) is 4.84. The SMILES string of the molecule is Cc1cccc(/C=C2/Oc3ccccc3N(CC(=O)NCc3cccs3)C2=O)c1. The first-order valence-electron chi connectivity index (χ1n) is 9.26. The van der Waals surface area contributed by atoms with E-state index in [-0.39, 0.29) is 24.1 Å². The zero-order chi connectivity index (χ0) is 20.2. The summed E-state index contributed by atoms with van der Waals surface area (Å²) in [6.07, 6.45) is 1.71. The number of thiophene rings is 1. The molecule has 0 unspecified atom stereocenters. The van der Waals surface area contributed by atoms with Gasteiger partial charge in [0.2, 0.25) is 5.91 Å². The standard InChI is InChI=1S/C23H20N2O3S/c1-16-6-4-7-17(12-16)13-21-23(27)25(19-9-2-3-10-20(19)28-21)15-22(26)24-14-18-8-5-11-29-18/h2-13H,14-15H2,1H3,(H,24,26)/b21-13+. The number of aryl methyl sites for hydroxylation is 1. The van der Waals surface area contributed by atoms with Crippen LogP contribution in [-0.4, -0.2) is 18.4 Å². The fourth-order valence-electron chi connectivity index (χ4n) is 3.13. The van der Waals surface area contributed by atoms with E-state index < -0.39 is 0 Å². The molecule has 0 atom stereocenters. The summed E-state index contributed by atoms with van der Waals surface area (Å²) < 4.78 is 5.86. The van der Waals surface area contributed by atoms with Gasteiger partial charge in [-0.2, -0.15) is 0 Å². The lowest BCUT2D eigenvalue weighted by Gasteiger charge is -2.30. The molecule has 1 N–H and O–H groups in total. The van der Waals surface area contributed by atoms with Crippen molar-refractivity contribution in [1.29, 1.82) is 0 Å². The highest BCUT2D eigenvalue weighted by molar-refractivity contribution is 7.09. The Kier molecular flexibility index (Phi) is 5.44. The van der Waals surface area contributed by atoms with Crippen LogP contribution in [0.3, 0.4) is 0 Å². The van der Waals surface area contributed by atoms with Crippen LogP contribution in [0.1, 0.15) is 16.0 Å². The number of carbonyl (C=O) groups is 2. The second-order valence-corrected chi connectivity index (χ2v) is 7.77. The summed E-state index contributed by atoms with van der Waals surface area (Å²) >= 11 is 1.58. The van der Waals surface area contributed by atoms with Gasteiger partial charge in [-0.05, 0) is 42.1 Å². The summed E-state index contributed by atoms with van der Waals surface area (Å²) in [4.78, 5) is 28.1.